The molecular weight excluding hydrogens is 239 g/mol. The van der Waals surface area contributed by atoms with Gasteiger partial charge in [0.15, 0.2) is 0 Å². The van der Waals surface area contributed by atoms with Gasteiger partial charge in [0.25, 0.3) is 5.91 Å². The van der Waals surface area contributed by atoms with Crippen molar-refractivity contribution < 1.29 is 19.1 Å². The highest BCUT2D eigenvalue weighted by Crippen LogP contribution is 2.07. The number of rotatable bonds is 5. The Morgan fingerprint density at radius 3 is 2.61 bits per heavy atom. The highest BCUT2D eigenvalue weighted by molar-refractivity contribution is 5.92. The summed E-state index contributed by atoms with van der Waals surface area (Å²) in [5, 5.41) is 8.81. The summed E-state index contributed by atoms with van der Waals surface area (Å²) in [5.74, 6) is -2.54. The SMILES string of the molecule is CCN(CC(C)C(=O)O)C(=O)c1ccc(F)cn1. The minimum atomic E-state index is -0.965. The first-order chi connectivity index (χ1) is 8.45. The van der Waals surface area contributed by atoms with Gasteiger partial charge in [0.1, 0.15) is 11.5 Å². The number of aromatic nitrogens is 1. The molecular formula is C12H15FN2O3. The average molecular weight is 254 g/mol. The third kappa shape index (κ3) is 3.51. The molecule has 0 radical (unpaired) electrons. The number of carbonyl (C=O) groups is 2. The van der Waals surface area contributed by atoms with Gasteiger partial charge >= 0.3 is 5.97 Å². The maximum Gasteiger partial charge on any atom is 0.308 e. The Morgan fingerprint density at radius 2 is 2.17 bits per heavy atom. The van der Waals surface area contributed by atoms with Gasteiger partial charge in [-0.1, -0.05) is 6.92 Å². The summed E-state index contributed by atoms with van der Waals surface area (Å²) in [4.78, 5) is 27.8. The summed E-state index contributed by atoms with van der Waals surface area (Å²) in [7, 11) is 0. The molecule has 0 aromatic carbocycles. The van der Waals surface area contributed by atoms with Gasteiger partial charge in [-0.2, -0.15) is 0 Å². The number of carboxylic acid groups (broad SMARTS) is 1. The van der Waals surface area contributed by atoms with Crippen molar-refractivity contribution in [1.82, 2.24) is 9.88 Å². The van der Waals surface area contributed by atoms with Crippen molar-refractivity contribution in [3.8, 4) is 0 Å². The van der Waals surface area contributed by atoms with Crippen molar-refractivity contribution in [3.05, 3.63) is 29.8 Å². The van der Waals surface area contributed by atoms with Crippen LogP contribution in [0.4, 0.5) is 4.39 Å². The number of halogens is 1. The summed E-state index contributed by atoms with van der Waals surface area (Å²) in [6, 6.07) is 2.43. The van der Waals surface area contributed by atoms with E-state index < -0.39 is 23.6 Å². The number of hydrogen-bond acceptors (Lipinski definition) is 3. The minimum Gasteiger partial charge on any atom is -0.481 e. The maximum absolute atomic E-state index is 12.7. The standard InChI is InChI=1S/C12H15FN2O3/c1-3-15(7-8(2)12(17)18)11(16)10-5-4-9(13)6-14-10/h4-6,8H,3,7H2,1-2H3,(H,17,18). The number of carbonyl (C=O) groups excluding carboxylic acids is 1. The van der Waals surface area contributed by atoms with Crippen LogP contribution >= 0.6 is 0 Å². The third-order valence-corrected chi connectivity index (χ3v) is 2.53. The Bertz CT molecular complexity index is 433. The van der Waals surface area contributed by atoms with Crippen LogP contribution in [-0.2, 0) is 4.79 Å². The Morgan fingerprint density at radius 1 is 1.50 bits per heavy atom. The van der Waals surface area contributed by atoms with Crippen LogP contribution in [0, 0.1) is 11.7 Å². The van der Waals surface area contributed by atoms with Crippen LogP contribution in [-0.4, -0.2) is 40.0 Å². The maximum atomic E-state index is 12.7. The Kier molecular flexibility index (Phi) is 4.76. The van der Waals surface area contributed by atoms with Crippen molar-refractivity contribution in [3.63, 3.8) is 0 Å². The predicted molar refractivity (Wildman–Crippen MR) is 62.6 cm³/mol. The highest BCUT2D eigenvalue weighted by atomic mass is 19.1. The number of pyridine rings is 1. The summed E-state index contributed by atoms with van der Waals surface area (Å²) in [6.07, 6.45) is 0.960. The van der Waals surface area contributed by atoms with Crippen LogP contribution in [0.5, 0.6) is 0 Å². The van der Waals surface area contributed by atoms with Crippen molar-refractivity contribution in [1.29, 1.82) is 0 Å². The molecule has 0 bridgehead atoms. The minimum absolute atomic E-state index is 0.101. The van der Waals surface area contributed by atoms with E-state index in [0.717, 1.165) is 12.3 Å². The first kappa shape index (κ1) is 14.1. The zero-order valence-electron chi connectivity index (χ0n) is 10.3. The topological polar surface area (TPSA) is 70.5 Å². The smallest absolute Gasteiger partial charge is 0.308 e. The molecule has 1 aromatic heterocycles. The summed E-state index contributed by atoms with van der Waals surface area (Å²) >= 11 is 0. The summed E-state index contributed by atoms with van der Waals surface area (Å²) in [6.45, 7) is 3.74. The number of nitrogens with zero attached hydrogens (tertiary/aromatic N) is 2. The summed E-state index contributed by atoms with van der Waals surface area (Å²) in [5.41, 5.74) is 0.107. The fourth-order valence-electron chi connectivity index (χ4n) is 1.43. The molecule has 1 rings (SSSR count). The molecule has 1 unspecified atom stereocenters. The zero-order chi connectivity index (χ0) is 13.7. The molecule has 0 saturated heterocycles. The lowest BCUT2D eigenvalue weighted by Gasteiger charge is -2.22. The second-order valence-corrected chi connectivity index (χ2v) is 3.94. The van der Waals surface area contributed by atoms with Crippen LogP contribution in [0.25, 0.3) is 0 Å². The summed E-state index contributed by atoms with van der Waals surface area (Å²) < 4.78 is 12.7. The van der Waals surface area contributed by atoms with E-state index in [0.29, 0.717) is 6.54 Å². The van der Waals surface area contributed by atoms with E-state index in [1.807, 2.05) is 0 Å². The van der Waals surface area contributed by atoms with Crippen molar-refractivity contribution in [2.24, 2.45) is 5.92 Å². The van der Waals surface area contributed by atoms with Crippen LogP contribution in [0.3, 0.4) is 0 Å². The van der Waals surface area contributed by atoms with Crippen LogP contribution in [0.2, 0.25) is 0 Å². The Labute approximate surface area is 104 Å². The monoisotopic (exact) mass is 254 g/mol. The fourth-order valence-corrected chi connectivity index (χ4v) is 1.43. The van der Waals surface area contributed by atoms with Crippen molar-refractivity contribution in [2.45, 2.75) is 13.8 Å². The average Bonchev–Trinajstić information content (AvgIpc) is 2.35. The molecule has 1 heterocycles. The van der Waals surface area contributed by atoms with E-state index >= 15 is 0 Å². The molecule has 0 aliphatic heterocycles. The van der Waals surface area contributed by atoms with Gasteiger partial charge < -0.3 is 10.0 Å². The quantitative estimate of drug-likeness (QED) is 0.862. The predicted octanol–water partition coefficient (Wildman–Crippen LogP) is 1.40. The largest absolute Gasteiger partial charge is 0.481 e. The van der Waals surface area contributed by atoms with Gasteiger partial charge in [-0.05, 0) is 19.1 Å². The van der Waals surface area contributed by atoms with E-state index in [4.69, 9.17) is 5.11 Å². The molecule has 1 N–H and O–H groups in total. The van der Waals surface area contributed by atoms with Gasteiger partial charge in [-0.15, -0.1) is 0 Å². The van der Waals surface area contributed by atoms with Crippen molar-refractivity contribution in [2.75, 3.05) is 13.1 Å². The number of carboxylic acids is 1. The van der Waals surface area contributed by atoms with E-state index in [1.54, 1.807) is 6.92 Å². The zero-order valence-corrected chi connectivity index (χ0v) is 10.3. The van der Waals surface area contributed by atoms with Gasteiger partial charge in [0, 0.05) is 13.1 Å². The van der Waals surface area contributed by atoms with Crippen molar-refractivity contribution >= 4 is 11.9 Å². The van der Waals surface area contributed by atoms with Gasteiger partial charge in [0.2, 0.25) is 0 Å². The van der Waals surface area contributed by atoms with E-state index in [9.17, 15) is 14.0 Å². The molecule has 1 atom stereocenters. The van der Waals surface area contributed by atoms with Gasteiger partial charge in [-0.3, -0.25) is 9.59 Å². The molecule has 0 fully saturated rings. The lowest BCUT2D eigenvalue weighted by Crippen LogP contribution is -2.37. The lowest BCUT2D eigenvalue weighted by atomic mass is 10.1. The number of amides is 1. The Balaban J connectivity index is 2.79. The molecule has 6 heteroatoms. The molecule has 1 amide bonds. The van der Waals surface area contributed by atoms with E-state index in [-0.39, 0.29) is 12.2 Å². The first-order valence-electron chi connectivity index (χ1n) is 5.59. The van der Waals surface area contributed by atoms with Gasteiger partial charge in [-0.25, -0.2) is 9.37 Å². The molecule has 0 spiro atoms. The third-order valence-electron chi connectivity index (χ3n) is 2.53. The van der Waals surface area contributed by atoms with E-state index in [1.165, 1.54) is 17.9 Å². The molecule has 0 aliphatic rings. The molecule has 0 aliphatic carbocycles. The fraction of sp³-hybridized carbons (Fsp3) is 0.417. The van der Waals surface area contributed by atoms with Crippen LogP contribution in [0.15, 0.2) is 18.3 Å². The Hall–Kier alpha value is -1.98. The van der Waals surface area contributed by atoms with Crippen LogP contribution in [0.1, 0.15) is 24.3 Å². The van der Waals surface area contributed by atoms with E-state index in [2.05, 4.69) is 4.98 Å². The molecule has 98 valence electrons. The van der Waals surface area contributed by atoms with Gasteiger partial charge in [0.05, 0.1) is 12.1 Å². The molecule has 0 saturated carbocycles. The number of aliphatic carboxylic acids is 1. The first-order valence-corrected chi connectivity index (χ1v) is 5.59. The molecule has 18 heavy (non-hydrogen) atoms. The molecule has 5 nitrogen and oxygen atoms in total. The highest BCUT2D eigenvalue weighted by Gasteiger charge is 2.21. The second-order valence-electron chi connectivity index (χ2n) is 3.94. The molecule has 1 aromatic rings. The second kappa shape index (κ2) is 6.09. The lowest BCUT2D eigenvalue weighted by molar-refractivity contribution is -0.141. The number of hydrogen-bond donors (Lipinski definition) is 1. The normalized spacial score (nSPS) is 11.9. The van der Waals surface area contributed by atoms with Crippen LogP contribution < -0.4 is 0 Å².